The third kappa shape index (κ3) is 4.11. The summed E-state index contributed by atoms with van der Waals surface area (Å²) in [6.45, 7) is 2.95. The molecule has 2 aromatic carbocycles. The largest absolute Gasteiger partial charge is 0.494 e. The van der Waals surface area contributed by atoms with E-state index >= 15 is 0 Å². The van der Waals surface area contributed by atoms with Crippen molar-refractivity contribution in [1.29, 1.82) is 0 Å². The molecular weight excluding hydrogens is 502 g/mol. The first-order valence-electron chi connectivity index (χ1n) is 14.8. The Labute approximate surface area is 234 Å². The first-order chi connectivity index (χ1) is 19.4. The highest BCUT2D eigenvalue weighted by atomic mass is 16.5. The maximum absolute atomic E-state index is 13.6. The van der Waals surface area contributed by atoms with Crippen molar-refractivity contribution < 1.29 is 14.6 Å². The van der Waals surface area contributed by atoms with Crippen LogP contribution < -0.4 is 10.5 Å². The number of piperidine rings is 1. The number of amides is 1. The van der Waals surface area contributed by atoms with Gasteiger partial charge in [0.1, 0.15) is 11.3 Å². The molecule has 1 amide bonds. The van der Waals surface area contributed by atoms with Crippen molar-refractivity contribution in [2.24, 2.45) is 24.6 Å². The van der Waals surface area contributed by atoms with Gasteiger partial charge in [0.15, 0.2) is 5.82 Å². The highest BCUT2D eigenvalue weighted by Gasteiger charge is 2.39. The van der Waals surface area contributed by atoms with Gasteiger partial charge in [-0.1, -0.05) is 18.2 Å². The number of nitrogens with zero attached hydrogens (tertiary/aromatic N) is 4. The first kappa shape index (κ1) is 25.6. The van der Waals surface area contributed by atoms with Crippen LogP contribution in [0, 0.1) is 11.8 Å². The molecule has 1 aliphatic heterocycles. The molecule has 3 heterocycles. The molecule has 1 atom stereocenters. The summed E-state index contributed by atoms with van der Waals surface area (Å²) in [6.07, 6.45) is 7.17. The van der Waals surface area contributed by atoms with E-state index in [-0.39, 0.29) is 5.91 Å². The number of likely N-dealkylation sites (tertiary alicyclic amines) is 1. The molecule has 3 N–H and O–H groups in total. The Morgan fingerprint density at radius 3 is 2.65 bits per heavy atom. The summed E-state index contributed by atoms with van der Waals surface area (Å²) >= 11 is 0. The summed E-state index contributed by atoms with van der Waals surface area (Å²) < 4.78 is 10.3. The average molecular weight is 542 g/mol. The Hall–Kier alpha value is -3.36. The van der Waals surface area contributed by atoms with Crippen LogP contribution in [0.1, 0.15) is 60.9 Å². The zero-order chi connectivity index (χ0) is 27.6. The molecular formula is C32H39N5O3. The topological polar surface area (TPSA) is 98.5 Å². The van der Waals surface area contributed by atoms with Gasteiger partial charge in [-0.25, -0.2) is 4.98 Å². The van der Waals surface area contributed by atoms with Crippen LogP contribution in [0.3, 0.4) is 0 Å². The fourth-order valence-electron chi connectivity index (χ4n) is 6.86. The van der Waals surface area contributed by atoms with Crippen LogP contribution in [0.4, 0.5) is 0 Å². The van der Waals surface area contributed by atoms with Crippen LogP contribution in [0.5, 0.6) is 5.75 Å². The van der Waals surface area contributed by atoms with E-state index in [1.165, 1.54) is 12.8 Å². The molecule has 2 aromatic heterocycles. The van der Waals surface area contributed by atoms with E-state index in [0.717, 1.165) is 84.2 Å². The first-order valence-corrected chi connectivity index (χ1v) is 14.8. The monoisotopic (exact) mass is 541 g/mol. The van der Waals surface area contributed by atoms with E-state index in [1.54, 1.807) is 7.11 Å². The quantitative estimate of drug-likeness (QED) is 0.350. The number of hydrogen-bond donors (Lipinski definition) is 2. The van der Waals surface area contributed by atoms with Gasteiger partial charge in [0.25, 0.3) is 5.91 Å². The van der Waals surface area contributed by atoms with Gasteiger partial charge in [0, 0.05) is 43.2 Å². The van der Waals surface area contributed by atoms with Crippen LogP contribution in [-0.2, 0) is 19.2 Å². The summed E-state index contributed by atoms with van der Waals surface area (Å²) in [5.74, 6) is 2.48. The minimum atomic E-state index is -0.751. The van der Waals surface area contributed by atoms with E-state index in [9.17, 15) is 9.90 Å². The lowest BCUT2D eigenvalue weighted by molar-refractivity contribution is -0.0377. The van der Waals surface area contributed by atoms with Crippen molar-refractivity contribution in [2.45, 2.75) is 57.1 Å². The number of aromatic nitrogens is 3. The number of aryl methyl sites for hydroxylation is 1. The van der Waals surface area contributed by atoms with E-state index < -0.39 is 5.60 Å². The minimum absolute atomic E-state index is 0.00628. The van der Waals surface area contributed by atoms with Crippen molar-refractivity contribution in [3.63, 3.8) is 0 Å². The molecule has 210 valence electrons. The van der Waals surface area contributed by atoms with Crippen molar-refractivity contribution in [1.82, 2.24) is 19.0 Å². The van der Waals surface area contributed by atoms with Crippen LogP contribution >= 0.6 is 0 Å². The maximum Gasteiger partial charge on any atom is 0.254 e. The number of hydrogen-bond acceptors (Lipinski definition) is 5. The van der Waals surface area contributed by atoms with E-state index in [1.807, 2.05) is 24.1 Å². The molecule has 0 radical (unpaired) electrons. The van der Waals surface area contributed by atoms with E-state index in [4.69, 9.17) is 15.5 Å². The minimum Gasteiger partial charge on any atom is -0.494 e. The predicted octanol–water partition coefficient (Wildman–Crippen LogP) is 4.80. The van der Waals surface area contributed by atoms with Crippen molar-refractivity contribution in [2.75, 3.05) is 26.7 Å². The van der Waals surface area contributed by atoms with Gasteiger partial charge >= 0.3 is 0 Å². The summed E-state index contributed by atoms with van der Waals surface area (Å²) in [4.78, 5) is 20.6. The molecule has 40 heavy (non-hydrogen) atoms. The Balaban J connectivity index is 1.36. The number of benzene rings is 2. The summed E-state index contributed by atoms with van der Waals surface area (Å²) in [6, 6.07) is 12.3. The fraction of sp³-hybridized carbons (Fsp3) is 0.500. The molecule has 3 aliphatic rings. The van der Waals surface area contributed by atoms with Gasteiger partial charge in [0.05, 0.1) is 29.4 Å². The smallest absolute Gasteiger partial charge is 0.254 e. The number of carbonyl (C=O) groups excluding carboxylic acids is 1. The molecule has 0 bridgehead atoms. The molecule has 1 saturated heterocycles. The third-order valence-corrected chi connectivity index (χ3v) is 9.51. The van der Waals surface area contributed by atoms with Crippen LogP contribution in [0.2, 0.25) is 0 Å². The van der Waals surface area contributed by atoms with Gasteiger partial charge in [0.2, 0.25) is 0 Å². The lowest BCUT2D eigenvalue weighted by atomic mass is 9.74. The lowest BCUT2D eigenvalue weighted by Crippen LogP contribution is -2.42. The van der Waals surface area contributed by atoms with Crippen LogP contribution in [0.25, 0.3) is 33.5 Å². The van der Waals surface area contributed by atoms with Gasteiger partial charge in [-0.2, -0.15) is 0 Å². The molecule has 0 spiro atoms. The second-order valence-corrected chi connectivity index (χ2v) is 12.2. The Kier molecular flexibility index (Phi) is 6.16. The SMILES string of the molecule is COc1cc(C(=O)N2CCC[C@@H](CN)C2)cc2nc(-c3cc4cccc(C5(O)CCC5)c4n3CC3CC3)n(C)c12. The third-order valence-electron chi connectivity index (χ3n) is 9.51. The number of aliphatic hydroxyl groups is 1. The molecule has 7 rings (SSSR count). The number of rotatable bonds is 7. The number of para-hydroxylation sites is 1. The summed E-state index contributed by atoms with van der Waals surface area (Å²) in [5, 5.41) is 12.5. The Bertz CT molecular complexity index is 1610. The molecule has 2 saturated carbocycles. The summed E-state index contributed by atoms with van der Waals surface area (Å²) in [5.41, 5.74) is 10.6. The zero-order valence-corrected chi connectivity index (χ0v) is 23.5. The van der Waals surface area contributed by atoms with Gasteiger partial charge in [-0.3, -0.25) is 4.79 Å². The average Bonchev–Trinajstić information content (AvgIpc) is 3.63. The standard InChI is InChI=1S/C32H39N5O3/c1-35-29-25(14-23(16-27(29)40-2)31(38)36-13-4-6-21(17-33)18-36)34-30(35)26-15-22-7-3-8-24(32(39)11-5-12-32)28(22)37(26)19-20-9-10-20/h3,7-8,14-16,20-21,39H,4-6,9-13,17-19,33H2,1-2H3/t21-/m0/s1. The highest BCUT2D eigenvalue weighted by Crippen LogP contribution is 2.46. The van der Waals surface area contributed by atoms with Crippen molar-refractivity contribution in [3.8, 4) is 17.3 Å². The van der Waals surface area contributed by atoms with Crippen LogP contribution in [-0.4, -0.2) is 56.8 Å². The van der Waals surface area contributed by atoms with Gasteiger partial charge in [-0.15, -0.1) is 0 Å². The molecule has 0 unspecified atom stereocenters. The molecule has 3 fully saturated rings. The number of ether oxygens (including phenoxy) is 1. The number of methoxy groups -OCH3 is 1. The van der Waals surface area contributed by atoms with E-state index in [2.05, 4.69) is 33.4 Å². The second kappa shape index (κ2) is 9.63. The molecule has 8 nitrogen and oxygen atoms in total. The summed E-state index contributed by atoms with van der Waals surface area (Å²) in [7, 11) is 3.67. The maximum atomic E-state index is 13.6. The zero-order valence-electron chi connectivity index (χ0n) is 23.5. The predicted molar refractivity (Wildman–Crippen MR) is 156 cm³/mol. The van der Waals surface area contributed by atoms with E-state index in [0.29, 0.717) is 36.2 Å². The number of imidazole rings is 1. The Morgan fingerprint density at radius 1 is 1.12 bits per heavy atom. The van der Waals surface area contributed by atoms with Crippen molar-refractivity contribution >= 4 is 27.8 Å². The normalized spacial score (nSPS) is 20.7. The lowest BCUT2D eigenvalue weighted by Gasteiger charge is -2.37. The fourth-order valence-corrected chi connectivity index (χ4v) is 6.86. The molecule has 4 aromatic rings. The van der Waals surface area contributed by atoms with Gasteiger partial charge in [-0.05, 0) is 81.5 Å². The number of fused-ring (bicyclic) bond motifs is 2. The number of nitrogens with two attached hydrogens (primary N) is 1. The number of carbonyl (C=O) groups is 1. The highest BCUT2D eigenvalue weighted by molar-refractivity contribution is 6.00. The molecule has 2 aliphatic carbocycles. The molecule has 8 heteroatoms. The van der Waals surface area contributed by atoms with Gasteiger partial charge < -0.3 is 29.6 Å². The Morgan fingerprint density at radius 2 is 1.95 bits per heavy atom. The van der Waals surface area contributed by atoms with Crippen molar-refractivity contribution in [3.05, 3.63) is 47.5 Å². The second-order valence-electron chi connectivity index (χ2n) is 12.2. The van der Waals surface area contributed by atoms with Crippen LogP contribution in [0.15, 0.2) is 36.4 Å².